The van der Waals surface area contributed by atoms with Crippen molar-refractivity contribution >= 4 is 44.3 Å². The van der Waals surface area contributed by atoms with Crippen LogP contribution in [0.2, 0.25) is 0 Å². The van der Waals surface area contributed by atoms with Crippen LogP contribution in [0.15, 0.2) is 71.6 Å². The van der Waals surface area contributed by atoms with Crippen LogP contribution in [0, 0.1) is 5.82 Å². The van der Waals surface area contributed by atoms with Crippen LogP contribution < -0.4 is 0 Å². The number of hydrogen-bond donors (Lipinski definition) is 4. The molecule has 4 aromatic carbocycles. The minimum atomic E-state index is -4.48. The second-order valence-corrected chi connectivity index (χ2v) is 8.72. The highest BCUT2D eigenvalue weighted by atomic mass is 35.5. The van der Waals surface area contributed by atoms with Gasteiger partial charge in [-0.2, -0.15) is 8.42 Å². The number of halogens is 2. The number of imidazole rings is 1. The first kappa shape index (κ1) is 22.5. The van der Waals surface area contributed by atoms with Crippen molar-refractivity contribution in [2.24, 2.45) is 0 Å². The molecule has 0 atom stereocenters. The third-order valence-electron chi connectivity index (χ3n) is 5.25. The molecule has 7 nitrogen and oxygen atoms in total. The van der Waals surface area contributed by atoms with Crippen molar-refractivity contribution in [1.82, 2.24) is 9.97 Å². The Bertz CT molecular complexity index is 1630. The van der Waals surface area contributed by atoms with Crippen LogP contribution in [0.25, 0.3) is 44.3 Å². The van der Waals surface area contributed by atoms with E-state index in [2.05, 4.69) is 9.97 Å². The largest absolute Gasteiger partial charge is 0.507 e. The van der Waals surface area contributed by atoms with Crippen LogP contribution in [0.4, 0.5) is 4.39 Å². The Morgan fingerprint density at radius 2 is 1.55 bits per heavy atom. The number of aromatic hydroxyl groups is 2. The van der Waals surface area contributed by atoms with E-state index in [4.69, 9.17) is 0 Å². The third kappa shape index (κ3) is 3.97. The van der Waals surface area contributed by atoms with E-state index in [1.165, 1.54) is 18.2 Å². The van der Waals surface area contributed by atoms with Crippen molar-refractivity contribution in [3.8, 4) is 34.0 Å². The van der Waals surface area contributed by atoms with Crippen molar-refractivity contribution in [3.63, 3.8) is 0 Å². The van der Waals surface area contributed by atoms with Crippen molar-refractivity contribution in [2.45, 2.75) is 4.90 Å². The van der Waals surface area contributed by atoms with Crippen LogP contribution in [-0.4, -0.2) is 33.2 Å². The normalized spacial score (nSPS) is 11.6. The zero-order valence-electron chi connectivity index (χ0n) is 16.7. The first-order valence-corrected chi connectivity index (χ1v) is 10.9. The van der Waals surface area contributed by atoms with Gasteiger partial charge in [-0.1, -0.05) is 24.3 Å². The molecule has 5 rings (SSSR count). The Morgan fingerprint density at radius 1 is 0.848 bits per heavy atom. The summed E-state index contributed by atoms with van der Waals surface area (Å²) in [4.78, 5) is 7.16. The highest BCUT2D eigenvalue weighted by molar-refractivity contribution is 7.85. The average Bonchev–Trinajstić information content (AvgIpc) is 3.17. The summed E-state index contributed by atoms with van der Waals surface area (Å²) in [5.74, 6) is -0.410. The summed E-state index contributed by atoms with van der Waals surface area (Å²) in [5.41, 5.74) is 2.78. The number of nitrogens with one attached hydrogen (secondary N) is 1. The lowest BCUT2D eigenvalue weighted by Crippen LogP contribution is -1.97. The van der Waals surface area contributed by atoms with Gasteiger partial charge in [0.05, 0.1) is 21.4 Å². The van der Waals surface area contributed by atoms with E-state index in [0.29, 0.717) is 38.8 Å². The molecule has 0 aliphatic rings. The average molecular weight is 487 g/mol. The Balaban J connectivity index is 0.00000259. The summed E-state index contributed by atoms with van der Waals surface area (Å²) in [6.45, 7) is 0. The molecule has 0 radical (unpaired) electrons. The van der Waals surface area contributed by atoms with Crippen molar-refractivity contribution in [3.05, 3.63) is 72.5 Å². The maximum absolute atomic E-state index is 13.2. The summed E-state index contributed by atoms with van der Waals surface area (Å²) in [6.07, 6.45) is 0. The number of nitrogens with zero attached hydrogens (tertiary/aromatic N) is 1. The molecule has 0 saturated carbocycles. The van der Waals surface area contributed by atoms with Gasteiger partial charge in [-0.05, 0) is 52.9 Å². The molecular formula is C23H16ClFN2O5S. The zero-order chi connectivity index (χ0) is 22.6. The van der Waals surface area contributed by atoms with Gasteiger partial charge in [0, 0.05) is 6.07 Å². The van der Waals surface area contributed by atoms with Gasteiger partial charge in [0.2, 0.25) is 0 Å². The first-order chi connectivity index (χ1) is 15.2. The summed E-state index contributed by atoms with van der Waals surface area (Å²) in [6, 6.07) is 16.3. The van der Waals surface area contributed by atoms with Gasteiger partial charge >= 0.3 is 0 Å². The second-order valence-electron chi connectivity index (χ2n) is 7.30. The second kappa shape index (κ2) is 8.04. The number of aromatic nitrogens is 2. The van der Waals surface area contributed by atoms with Gasteiger partial charge in [0.1, 0.15) is 28.7 Å². The maximum Gasteiger partial charge on any atom is 0.294 e. The molecule has 0 saturated heterocycles. The highest BCUT2D eigenvalue weighted by Crippen LogP contribution is 2.37. The van der Waals surface area contributed by atoms with E-state index in [9.17, 15) is 27.6 Å². The Hall–Kier alpha value is -3.66. The smallest absolute Gasteiger partial charge is 0.294 e. The number of aromatic amines is 1. The predicted octanol–water partition coefficient (Wildman–Crippen LogP) is 5.27. The van der Waals surface area contributed by atoms with Gasteiger partial charge in [-0.15, -0.1) is 12.4 Å². The van der Waals surface area contributed by atoms with Crippen molar-refractivity contribution in [2.75, 3.05) is 0 Å². The zero-order valence-corrected chi connectivity index (χ0v) is 18.3. The molecule has 0 amide bonds. The summed E-state index contributed by atoms with van der Waals surface area (Å²) < 4.78 is 45.3. The Morgan fingerprint density at radius 3 is 2.21 bits per heavy atom. The summed E-state index contributed by atoms with van der Waals surface area (Å²) in [5, 5.41) is 21.7. The van der Waals surface area contributed by atoms with Crippen LogP contribution in [0.1, 0.15) is 0 Å². The van der Waals surface area contributed by atoms with Crippen LogP contribution in [-0.2, 0) is 10.1 Å². The quantitative estimate of drug-likeness (QED) is 0.258. The van der Waals surface area contributed by atoms with Crippen LogP contribution in [0.5, 0.6) is 11.5 Å². The summed E-state index contributed by atoms with van der Waals surface area (Å²) in [7, 11) is -4.48. The standard InChI is InChI=1S/C23H15FN2O5S.ClH/c24-15-5-1-12(2-6-15)13-3-7-17(19(27)10-13)23-25-18-8-4-14-9-16(32(29,30)31)11-20(28)21(14)22(18)26-23;/h1-11,27-28H,(H,25,26)(H,29,30,31);1H. The fraction of sp³-hybridized carbons (Fsp3) is 0. The van der Waals surface area contributed by atoms with Crippen molar-refractivity contribution in [1.29, 1.82) is 0 Å². The number of rotatable bonds is 3. The van der Waals surface area contributed by atoms with Gasteiger partial charge in [-0.3, -0.25) is 4.55 Å². The minimum Gasteiger partial charge on any atom is -0.507 e. The highest BCUT2D eigenvalue weighted by Gasteiger charge is 2.18. The molecule has 168 valence electrons. The topological polar surface area (TPSA) is 124 Å². The number of H-pyrrole nitrogens is 1. The number of hydrogen-bond acceptors (Lipinski definition) is 5. The lowest BCUT2D eigenvalue weighted by Gasteiger charge is -2.06. The lowest BCUT2D eigenvalue weighted by molar-refractivity contribution is 0.471. The molecule has 33 heavy (non-hydrogen) atoms. The maximum atomic E-state index is 13.2. The van der Waals surface area contributed by atoms with Gasteiger partial charge in [0.15, 0.2) is 0 Å². The van der Waals surface area contributed by atoms with Crippen molar-refractivity contribution < 1.29 is 27.6 Å². The molecule has 0 fully saturated rings. The molecule has 0 spiro atoms. The lowest BCUT2D eigenvalue weighted by atomic mass is 10.0. The molecule has 1 aromatic heterocycles. The van der Waals surface area contributed by atoms with E-state index < -0.39 is 15.0 Å². The predicted molar refractivity (Wildman–Crippen MR) is 125 cm³/mol. The number of phenolic OH excluding ortho intramolecular Hbond substituents is 2. The van der Waals surface area contributed by atoms with Gasteiger partial charge in [-0.25, -0.2) is 9.37 Å². The van der Waals surface area contributed by atoms with Crippen LogP contribution >= 0.6 is 12.4 Å². The molecule has 1 heterocycles. The SMILES string of the molecule is Cl.O=S(=O)(O)c1cc(O)c2c(ccc3[nH]c(-c4ccc(-c5ccc(F)cc5)cc4O)nc32)c1. The molecule has 4 N–H and O–H groups in total. The fourth-order valence-electron chi connectivity index (χ4n) is 3.71. The molecule has 0 aliphatic carbocycles. The first-order valence-electron chi connectivity index (χ1n) is 9.43. The molecular weight excluding hydrogens is 471 g/mol. The van der Waals surface area contributed by atoms with Crippen LogP contribution in [0.3, 0.4) is 0 Å². The molecule has 10 heteroatoms. The van der Waals surface area contributed by atoms with Gasteiger partial charge in [0.25, 0.3) is 10.1 Å². The van der Waals surface area contributed by atoms with E-state index >= 15 is 0 Å². The Labute approximate surface area is 193 Å². The molecule has 0 aliphatic heterocycles. The molecule has 5 aromatic rings. The fourth-order valence-corrected chi connectivity index (χ4v) is 4.25. The molecule has 0 unspecified atom stereocenters. The molecule has 0 bridgehead atoms. The Kier molecular flexibility index (Phi) is 5.49. The number of fused-ring (bicyclic) bond motifs is 3. The number of benzene rings is 4. The van der Waals surface area contributed by atoms with E-state index in [0.717, 1.165) is 11.6 Å². The minimum absolute atomic E-state index is 0. The van der Waals surface area contributed by atoms with E-state index in [1.54, 1.807) is 42.5 Å². The monoisotopic (exact) mass is 486 g/mol. The number of phenols is 2. The summed E-state index contributed by atoms with van der Waals surface area (Å²) >= 11 is 0. The van der Waals surface area contributed by atoms with Gasteiger partial charge < -0.3 is 15.2 Å². The third-order valence-corrected chi connectivity index (χ3v) is 6.08. The van der Waals surface area contributed by atoms with E-state index in [1.807, 2.05) is 0 Å². The van der Waals surface area contributed by atoms with E-state index in [-0.39, 0.29) is 29.7 Å².